The average Bonchev–Trinajstić information content (AvgIpc) is 2.98. The molecule has 1 atom stereocenters. The van der Waals surface area contributed by atoms with Gasteiger partial charge in [0.2, 0.25) is 11.8 Å². The van der Waals surface area contributed by atoms with Gasteiger partial charge in [0.25, 0.3) is 10.0 Å². The monoisotopic (exact) mass is 643 g/mol. The van der Waals surface area contributed by atoms with Crippen molar-refractivity contribution in [3.05, 3.63) is 129 Å². The molecule has 42 heavy (non-hydrogen) atoms. The van der Waals surface area contributed by atoms with E-state index in [-0.39, 0.29) is 23.5 Å². The molecule has 1 N–H and O–H groups in total. The van der Waals surface area contributed by atoms with Crippen molar-refractivity contribution in [1.82, 2.24) is 10.2 Å². The molecule has 4 aromatic rings. The van der Waals surface area contributed by atoms with E-state index in [1.165, 1.54) is 42.3 Å². The number of sulfonamides is 1. The second kappa shape index (κ2) is 14.1. The van der Waals surface area contributed by atoms with Crippen LogP contribution in [0.4, 0.5) is 5.69 Å². The predicted molar refractivity (Wildman–Crippen MR) is 167 cm³/mol. The van der Waals surface area contributed by atoms with Crippen molar-refractivity contribution < 1.29 is 18.0 Å². The number of carbonyl (C=O) groups excluding carboxylic acids is 2. The first-order valence-electron chi connectivity index (χ1n) is 12.9. The predicted octanol–water partition coefficient (Wildman–Crippen LogP) is 6.23. The quantitative estimate of drug-likeness (QED) is 0.210. The molecule has 2 amide bonds. The van der Waals surface area contributed by atoms with E-state index in [2.05, 4.69) is 5.32 Å². The molecule has 0 unspecified atom stereocenters. The molecule has 0 spiro atoms. The smallest absolute Gasteiger partial charge is 0.264 e. The van der Waals surface area contributed by atoms with Gasteiger partial charge in [-0.1, -0.05) is 83.3 Å². The SMILES string of the molecule is CNC(=O)[C@H](Cc1ccccc1)N(Cc1cccc(Cl)c1)C(=O)CN(c1cccc(Cl)c1)S(=O)(=O)c1ccc(Cl)cc1. The second-order valence-electron chi connectivity index (χ2n) is 9.42. The van der Waals surface area contributed by atoms with Crippen molar-refractivity contribution in [2.24, 2.45) is 0 Å². The summed E-state index contributed by atoms with van der Waals surface area (Å²) in [4.78, 5) is 28.8. The Bertz CT molecular complexity index is 1650. The van der Waals surface area contributed by atoms with E-state index in [9.17, 15) is 18.0 Å². The molecule has 0 aliphatic rings. The van der Waals surface area contributed by atoms with Crippen molar-refractivity contribution in [1.29, 1.82) is 0 Å². The maximum atomic E-state index is 14.2. The Labute approximate surface area is 260 Å². The van der Waals surface area contributed by atoms with Crippen molar-refractivity contribution in [2.75, 3.05) is 17.9 Å². The van der Waals surface area contributed by atoms with Crippen LogP contribution in [0.2, 0.25) is 15.1 Å². The summed E-state index contributed by atoms with van der Waals surface area (Å²) in [7, 11) is -2.77. The average molecular weight is 645 g/mol. The number of amides is 2. The van der Waals surface area contributed by atoms with Crippen LogP contribution in [-0.2, 0) is 32.6 Å². The molecule has 0 aromatic heterocycles. The zero-order valence-corrected chi connectivity index (χ0v) is 25.7. The molecule has 7 nitrogen and oxygen atoms in total. The molecule has 4 rings (SSSR count). The van der Waals surface area contributed by atoms with Gasteiger partial charge in [0, 0.05) is 35.1 Å². The lowest BCUT2D eigenvalue weighted by molar-refractivity contribution is -0.139. The molecular formula is C31H28Cl3N3O4S. The van der Waals surface area contributed by atoms with E-state index in [1.807, 2.05) is 30.3 Å². The Hall–Kier alpha value is -3.56. The number of likely N-dealkylation sites (N-methyl/N-ethyl adjacent to an activating group) is 1. The van der Waals surface area contributed by atoms with E-state index in [0.29, 0.717) is 20.6 Å². The zero-order chi connectivity index (χ0) is 30.3. The van der Waals surface area contributed by atoms with Crippen LogP contribution in [0.5, 0.6) is 0 Å². The largest absolute Gasteiger partial charge is 0.357 e. The van der Waals surface area contributed by atoms with E-state index < -0.39 is 34.4 Å². The lowest BCUT2D eigenvalue weighted by Crippen LogP contribution is -2.53. The summed E-state index contributed by atoms with van der Waals surface area (Å²) in [5.41, 5.74) is 1.69. The summed E-state index contributed by atoms with van der Waals surface area (Å²) in [6, 6.07) is 27.1. The third-order valence-corrected chi connectivity index (χ3v) is 9.05. The van der Waals surface area contributed by atoms with Crippen LogP contribution in [0, 0.1) is 0 Å². The fourth-order valence-electron chi connectivity index (χ4n) is 4.45. The fraction of sp³-hybridized carbons (Fsp3) is 0.161. The summed E-state index contributed by atoms with van der Waals surface area (Å²) >= 11 is 18.5. The van der Waals surface area contributed by atoms with Crippen LogP contribution in [0.1, 0.15) is 11.1 Å². The fourth-order valence-corrected chi connectivity index (χ4v) is 6.38. The summed E-state index contributed by atoms with van der Waals surface area (Å²) in [6.07, 6.45) is 0.202. The highest BCUT2D eigenvalue weighted by atomic mass is 35.5. The van der Waals surface area contributed by atoms with Gasteiger partial charge in [-0.15, -0.1) is 0 Å². The minimum Gasteiger partial charge on any atom is -0.357 e. The Morgan fingerprint density at radius 2 is 1.38 bits per heavy atom. The number of hydrogen-bond acceptors (Lipinski definition) is 4. The van der Waals surface area contributed by atoms with Gasteiger partial charge < -0.3 is 10.2 Å². The van der Waals surface area contributed by atoms with Crippen LogP contribution in [0.25, 0.3) is 0 Å². The summed E-state index contributed by atoms with van der Waals surface area (Å²) in [6.45, 7) is -0.594. The van der Waals surface area contributed by atoms with Crippen molar-refractivity contribution in [2.45, 2.75) is 23.9 Å². The van der Waals surface area contributed by atoms with Crippen LogP contribution < -0.4 is 9.62 Å². The minimum absolute atomic E-state index is 0.00862. The molecule has 0 fully saturated rings. The first-order valence-corrected chi connectivity index (χ1v) is 15.5. The number of halogens is 3. The summed E-state index contributed by atoms with van der Waals surface area (Å²) in [5, 5.41) is 3.77. The number of nitrogens with zero attached hydrogens (tertiary/aromatic N) is 2. The van der Waals surface area contributed by atoms with Gasteiger partial charge in [0.1, 0.15) is 12.6 Å². The van der Waals surface area contributed by atoms with Gasteiger partial charge in [-0.2, -0.15) is 0 Å². The highest BCUT2D eigenvalue weighted by Crippen LogP contribution is 2.28. The van der Waals surface area contributed by atoms with Crippen LogP contribution >= 0.6 is 34.8 Å². The highest BCUT2D eigenvalue weighted by molar-refractivity contribution is 7.92. The molecule has 218 valence electrons. The van der Waals surface area contributed by atoms with Gasteiger partial charge in [-0.05, 0) is 65.7 Å². The lowest BCUT2D eigenvalue weighted by Gasteiger charge is -2.33. The lowest BCUT2D eigenvalue weighted by atomic mass is 10.0. The van der Waals surface area contributed by atoms with E-state index in [4.69, 9.17) is 34.8 Å². The van der Waals surface area contributed by atoms with E-state index in [0.717, 1.165) is 9.87 Å². The normalized spacial score (nSPS) is 11.9. The van der Waals surface area contributed by atoms with Gasteiger partial charge in [-0.25, -0.2) is 8.42 Å². The Morgan fingerprint density at radius 3 is 2.00 bits per heavy atom. The van der Waals surface area contributed by atoms with Crippen LogP contribution in [0.15, 0.2) is 108 Å². The Balaban J connectivity index is 1.79. The molecule has 11 heteroatoms. The molecule has 0 aliphatic carbocycles. The zero-order valence-electron chi connectivity index (χ0n) is 22.6. The number of anilines is 1. The van der Waals surface area contributed by atoms with Gasteiger partial charge in [0.05, 0.1) is 10.6 Å². The number of rotatable bonds is 11. The highest BCUT2D eigenvalue weighted by Gasteiger charge is 2.34. The first kappa shape index (κ1) is 31.4. The number of carbonyl (C=O) groups is 2. The first-order chi connectivity index (χ1) is 20.1. The molecule has 0 saturated heterocycles. The third kappa shape index (κ3) is 7.83. The van der Waals surface area contributed by atoms with Crippen molar-refractivity contribution >= 4 is 62.3 Å². The van der Waals surface area contributed by atoms with Gasteiger partial charge in [-0.3, -0.25) is 13.9 Å². The summed E-state index contributed by atoms with van der Waals surface area (Å²) < 4.78 is 28.9. The molecule has 0 aliphatic heterocycles. The molecule has 0 heterocycles. The van der Waals surface area contributed by atoms with E-state index in [1.54, 1.807) is 42.5 Å². The minimum atomic E-state index is -4.26. The van der Waals surface area contributed by atoms with Gasteiger partial charge >= 0.3 is 0 Å². The Kier molecular flexibility index (Phi) is 10.5. The maximum absolute atomic E-state index is 14.2. The van der Waals surface area contributed by atoms with Crippen LogP contribution in [0.3, 0.4) is 0 Å². The number of nitrogens with one attached hydrogen (secondary N) is 1. The van der Waals surface area contributed by atoms with Crippen LogP contribution in [-0.4, -0.2) is 44.8 Å². The Morgan fingerprint density at radius 1 is 0.762 bits per heavy atom. The molecule has 0 saturated carbocycles. The second-order valence-corrected chi connectivity index (χ2v) is 12.6. The van der Waals surface area contributed by atoms with Gasteiger partial charge in [0.15, 0.2) is 0 Å². The van der Waals surface area contributed by atoms with Crippen molar-refractivity contribution in [3.8, 4) is 0 Å². The van der Waals surface area contributed by atoms with E-state index >= 15 is 0 Å². The molecular weight excluding hydrogens is 617 g/mol. The summed E-state index contributed by atoms with van der Waals surface area (Å²) in [5.74, 6) is -0.999. The number of benzene rings is 4. The molecule has 0 bridgehead atoms. The van der Waals surface area contributed by atoms with Crippen molar-refractivity contribution in [3.63, 3.8) is 0 Å². The number of hydrogen-bond donors (Lipinski definition) is 1. The maximum Gasteiger partial charge on any atom is 0.264 e. The standard InChI is InChI=1S/C31H28Cl3N3O4S/c1-35-31(39)29(18-22-7-3-2-4-8-22)36(20-23-9-5-10-25(33)17-23)30(38)21-37(27-12-6-11-26(34)19-27)42(40,41)28-15-13-24(32)14-16-28/h2-17,19,29H,18,20-21H2,1H3,(H,35,39)/t29-/m0/s1. The molecule has 4 aromatic carbocycles. The third-order valence-electron chi connectivity index (χ3n) is 6.54. The molecule has 0 radical (unpaired) electrons. The topological polar surface area (TPSA) is 86.8 Å².